The van der Waals surface area contributed by atoms with Crippen LogP contribution in [0.4, 0.5) is 17.1 Å². The van der Waals surface area contributed by atoms with E-state index >= 15 is 0 Å². The molecular formula is C52H35NO. The molecule has 10 rings (SSSR count). The van der Waals surface area contributed by atoms with Crippen molar-refractivity contribution in [2.45, 2.75) is 0 Å². The van der Waals surface area contributed by atoms with Gasteiger partial charge in [0.1, 0.15) is 11.2 Å². The Morgan fingerprint density at radius 3 is 1.39 bits per heavy atom. The highest BCUT2D eigenvalue weighted by atomic mass is 16.3. The van der Waals surface area contributed by atoms with Gasteiger partial charge in [-0.1, -0.05) is 164 Å². The molecule has 0 unspecified atom stereocenters. The second-order valence-corrected chi connectivity index (χ2v) is 13.7. The molecule has 0 saturated carbocycles. The summed E-state index contributed by atoms with van der Waals surface area (Å²) in [4.78, 5) is 2.35. The van der Waals surface area contributed by atoms with Crippen molar-refractivity contribution in [3.63, 3.8) is 0 Å². The Morgan fingerprint density at radius 1 is 0.278 bits per heavy atom. The Labute approximate surface area is 314 Å². The number of furan rings is 1. The summed E-state index contributed by atoms with van der Waals surface area (Å²) in [5, 5.41) is 4.68. The zero-order valence-electron chi connectivity index (χ0n) is 29.6. The van der Waals surface area contributed by atoms with Crippen molar-refractivity contribution < 1.29 is 4.42 Å². The fourth-order valence-corrected chi connectivity index (χ4v) is 7.90. The molecule has 9 aromatic carbocycles. The van der Waals surface area contributed by atoms with Crippen molar-refractivity contribution in [1.29, 1.82) is 0 Å². The van der Waals surface area contributed by atoms with Crippen molar-refractivity contribution in [3.05, 3.63) is 212 Å². The highest BCUT2D eigenvalue weighted by Crippen LogP contribution is 2.45. The lowest BCUT2D eigenvalue weighted by Gasteiger charge is -2.26. The molecule has 2 heteroatoms. The van der Waals surface area contributed by atoms with Crippen molar-refractivity contribution in [2.24, 2.45) is 0 Å². The number of hydrogen-bond acceptors (Lipinski definition) is 2. The van der Waals surface area contributed by atoms with Crippen LogP contribution in [0.5, 0.6) is 0 Å². The summed E-state index contributed by atoms with van der Waals surface area (Å²) in [5.74, 6) is 0. The molecule has 10 aromatic rings. The maximum absolute atomic E-state index is 6.69. The summed E-state index contributed by atoms with van der Waals surface area (Å²) in [6, 6.07) is 75.7. The molecule has 0 fully saturated rings. The van der Waals surface area contributed by atoms with Gasteiger partial charge in [-0.3, -0.25) is 0 Å². The van der Waals surface area contributed by atoms with Gasteiger partial charge in [0.15, 0.2) is 0 Å². The van der Waals surface area contributed by atoms with Gasteiger partial charge in [-0.2, -0.15) is 0 Å². The predicted molar refractivity (Wildman–Crippen MR) is 228 cm³/mol. The fourth-order valence-electron chi connectivity index (χ4n) is 7.90. The zero-order valence-corrected chi connectivity index (χ0v) is 29.6. The molecule has 0 bridgehead atoms. The van der Waals surface area contributed by atoms with E-state index in [2.05, 4.69) is 217 Å². The molecule has 0 radical (unpaired) electrons. The summed E-state index contributed by atoms with van der Waals surface area (Å²) in [6.07, 6.45) is 0. The van der Waals surface area contributed by atoms with E-state index in [1.165, 1.54) is 44.2 Å². The van der Waals surface area contributed by atoms with Gasteiger partial charge in [-0.15, -0.1) is 0 Å². The first-order chi connectivity index (χ1) is 26.8. The number of hydrogen-bond donors (Lipinski definition) is 0. The van der Waals surface area contributed by atoms with Gasteiger partial charge in [0, 0.05) is 27.8 Å². The maximum Gasteiger partial charge on any atom is 0.136 e. The van der Waals surface area contributed by atoms with Crippen LogP contribution in [-0.4, -0.2) is 0 Å². The van der Waals surface area contributed by atoms with E-state index in [1.807, 2.05) is 0 Å². The molecule has 0 aliphatic rings. The molecule has 254 valence electrons. The third-order valence-electron chi connectivity index (χ3n) is 10.5. The second-order valence-electron chi connectivity index (χ2n) is 13.7. The van der Waals surface area contributed by atoms with Crippen LogP contribution >= 0.6 is 0 Å². The van der Waals surface area contributed by atoms with Crippen LogP contribution in [0, 0.1) is 0 Å². The first kappa shape index (κ1) is 31.6. The van der Waals surface area contributed by atoms with E-state index in [-0.39, 0.29) is 0 Å². The minimum Gasteiger partial charge on any atom is -0.456 e. The van der Waals surface area contributed by atoms with Crippen LogP contribution in [0.2, 0.25) is 0 Å². The van der Waals surface area contributed by atoms with Gasteiger partial charge in [0.25, 0.3) is 0 Å². The van der Waals surface area contributed by atoms with E-state index in [1.54, 1.807) is 0 Å². The predicted octanol–water partition coefficient (Wildman–Crippen LogP) is 14.9. The molecular weight excluding hydrogens is 655 g/mol. The van der Waals surface area contributed by atoms with Crippen LogP contribution in [0.15, 0.2) is 217 Å². The Hall–Kier alpha value is -7.16. The highest BCUT2D eigenvalue weighted by molar-refractivity contribution is 6.25. The Balaban J connectivity index is 1.13. The molecule has 0 aliphatic heterocycles. The number of benzene rings is 9. The molecule has 0 N–H and O–H groups in total. The molecule has 1 heterocycles. The number of anilines is 3. The Bertz CT molecular complexity index is 2810. The van der Waals surface area contributed by atoms with Gasteiger partial charge < -0.3 is 9.32 Å². The van der Waals surface area contributed by atoms with Gasteiger partial charge in [-0.25, -0.2) is 0 Å². The second kappa shape index (κ2) is 13.4. The van der Waals surface area contributed by atoms with Gasteiger partial charge >= 0.3 is 0 Å². The molecule has 54 heavy (non-hydrogen) atoms. The quantitative estimate of drug-likeness (QED) is 0.166. The van der Waals surface area contributed by atoms with E-state index in [0.717, 1.165) is 50.1 Å². The third-order valence-corrected chi connectivity index (χ3v) is 10.5. The van der Waals surface area contributed by atoms with Gasteiger partial charge in [0.05, 0.1) is 0 Å². The Morgan fingerprint density at radius 2 is 0.778 bits per heavy atom. The average molecular weight is 690 g/mol. The molecule has 0 atom stereocenters. The van der Waals surface area contributed by atoms with Crippen molar-refractivity contribution in [3.8, 4) is 44.5 Å². The van der Waals surface area contributed by atoms with Gasteiger partial charge in [0.2, 0.25) is 0 Å². The molecule has 0 aliphatic carbocycles. The number of rotatable bonds is 7. The molecule has 2 nitrogen and oxygen atoms in total. The minimum atomic E-state index is 0.883. The van der Waals surface area contributed by atoms with Crippen LogP contribution in [0.1, 0.15) is 0 Å². The standard InChI is InChI=1S/C52H35NO/c1-4-14-36(15-5-1)38-26-30-42(31-27-38)53(43-32-28-39(29-33-43)37-16-6-2-7-17-37)44-21-12-20-41(34-44)45-24-13-25-49-51(45)52-47-23-11-10-22-46(47)48(35-50(52)54-49)40-18-8-3-9-19-40/h1-35H. The normalized spacial score (nSPS) is 11.3. The Kier molecular flexibility index (Phi) is 7.85. The van der Waals surface area contributed by atoms with Gasteiger partial charge in [-0.05, 0) is 104 Å². The summed E-state index contributed by atoms with van der Waals surface area (Å²) >= 11 is 0. The molecule has 0 amide bonds. The van der Waals surface area contributed by atoms with E-state index in [9.17, 15) is 0 Å². The first-order valence-electron chi connectivity index (χ1n) is 18.4. The average Bonchev–Trinajstić information content (AvgIpc) is 3.64. The zero-order chi connectivity index (χ0) is 35.8. The van der Waals surface area contributed by atoms with E-state index in [0.29, 0.717) is 0 Å². The minimum absolute atomic E-state index is 0.883. The molecule has 0 spiro atoms. The lowest BCUT2D eigenvalue weighted by molar-refractivity contribution is 0.669. The number of nitrogens with zero attached hydrogens (tertiary/aromatic N) is 1. The molecule has 0 saturated heterocycles. The topological polar surface area (TPSA) is 16.4 Å². The van der Waals surface area contributed by atoms with Crippen LogP contribution in [0.3, 0.4) is 0 Å². The van der Waals surface area contributed by atoms with E-state index < -0.39 is 0 Å². The fraction of sp³-hybridized carbons (Fsp3) is 0. The van der Waals surface area contributed by atoms with Crippen molar-refractivity contribution >= 4 is 49.8 Å². The van der Waals surface area contributed by atoms with Crippen molar-refractivity contribution in [2.75, 3.05) is 4.90 Å². The smallest absolute Gasteiger partial charge is 0.136 e. The van der Waals surface area contributed by atoms with Crippen LogP contribution < -0.4 is 4.90 Å². The van der Waals surface area contributed by atoms with E-state index in [4.69, 9.17) is 4.42 Å². The monoisotopic (exact) mass is 689 g/mol. The van der Waals surface area contributed by atoms with Crippen LogP contribution in [-0.2, 0) is 0 Å². The summed E-state index contributed by atoms with van der Waals surface area (Å²) < 4.78 is 6.69. The SMILES string of the molecule is c1ccc(-c2ccc(N(c3ccc(-c4ccccc4)cc3)c3cccc(-c4cccc5oc6cc(-c7ccccc7)c7ccccc7c6c45)c3)cc2)cc1. The first-order valence-corrected chi connectivity index (χ1v) is 18.4. The lowest BCUT2D eigenvalue weighted by Crippen LogP contribution is -2.10. The largest absolute Gasteiger partial charge is 0.456 e. The van der Waals surface area contributed by atoms with Crippen LogP contribution in [0.25, 0.3) is 77.2 Å². The maximum atomic E-state index is 6.69. The summed E-state index contributed by atoms with van der Waals surface area (Å²) in [7, 11) is 0. The summed E-state index contributed by atoms with van der Waals surface area (Å²) in [6.45, 7) is 0. The van der Waals surface area contributed by atoms with Crippen molar-refractivity contribution in [1.82, 2.24) is 0 Å². The highest BCUT2D eigenvalue weighted by Gasteiger charge is 2.19. The summed E-state index contributed by atoms with van der Waals surface area (Å²) in [5.41, 5.74) is 14.4. The lowest BCUT2D eigenvalue weighted by atomic mass is 9.92. The molecule has 1 aromatic heterocycles. The number of fused-ring (bicyclic) bond motifs is 5. The third kappa shape index (κ3) is 5.62.